The standard InChI is InChI=1S/C19H19N3O2/c1-13-8-7-9-15(12-13)18(23)20-17-14(2)21(3)22(19(17)24)16-10-5-4-6-11-16/h4-12H,1-3H3,(H,20,23). The van der Waals surface area contributed by atoms with Gasteiger partial charge in [0.25, 0.3) is 11.5 Å². The molecule has 2 aromatic carbocycles. The third kappa shape index (κ3) is 2.76. The Labute approximate surface area is 140 Å². The quantitative estimate of drug-likeness (QED) is 0.806. The Kier molecular flexibility index (Phi) is 4.08. The van der Waals surface area contributed by atoms with Crippen LogP contribution >= 0.6 is 0 Å². The highest BCUT2D eigenvalue weighted by Gasteiger charge is 2.18. The van der Waals surface area contributed by atoms with Crippen molar-refractivity contribution in [2.75, 3.05) is 5.32 Å². The summed E-state index contributed by atoms with van der Waals surface area (Å²) >= 11 is 0. The summed E-state index contributed by atoms with van der Waals surface area (Å²) in [6.07, 6.45) is 0. The van der Waals surface area contributed by atoms with Gasteiger partial charge in [0.1, 0.15) is 5.69 Å². The van der Waals surface area contributed by atoms with Crippen LogP contribution in [0.3, 0.4) is 0 Å². The van der Waals surface area contributed by atoms with Crippen LogP contribution in [0.2, 0.25) is 0 Å². The molecule has 1 aromatic heterocycles. The van der Waals surface area contributed by atoms with Crippen LogP contribution in [0.25, 0.3) is 5.69 Å². The third-order valence-corrected chi connectivity index (χ3v) is 4.07. The molecule has 1 N–H and O–H groups in total. The molecule has 0 atom stereocenters. The Morgan fingerprint density at radius 3 is 2.38 bits per heavy atom. The Morgan fingerprint density at radius 1 is 1.00 bits per heavy atom. The van der Waals surface area contributed by atoms with Crippen molar-refractivity contribution >= 4 is 11.6 Å². The summed E-state index contributed by atoms with van der Waals surface area (Å²) in [5.74, 6) is -0.287. The fourth-order valence-electron chi connectivity index (χ4n) is 2.68. The molecule has 122 valence electrons. The largest absolute Gasteiger partial charge is 0.316 e. The number of anilines is 1. The van der Waals surface area contributed by atoms with Gasteiger partial charge in [-0.2, -0.15) is 0 Å². The molecule has 3 aromatic rings. The summed E-state index contributed by atoms with van der Waals surface area (Å²) in [6.45, 7) is 3.74. The molecule has 0 spiro atoms. The first-order valence-corrected chi connectivity index (χ1v) is 7.71. The molecule has 0 radical (unpaired) electrons. The minimum atomic E-state index is -0.287. The number of nitrogens with zero attached hydrogens (tertiary/aromatic N) is 2. The molecule has 0 saturated carbocycles. The van der Waals surface area contributed by atoms with E-state index in [9.17, 15) is 9.59 Å². The highest BCUT2D eigenvalue weighted by Crippen LogP contribution is 2.15. The molecule has 0 unspecified atom stereocenters. The van der Waals surface area contributed by atoms with Crippen LogP contribution in [0.5, 0.6) is 0 Å². The smallest absolute Gasteiger partial charge is 0.295 e. The highest BCUT2D eigenvalue weighted by molar-refractivity contribution is 6.04. The maximum atomic E-state index is 12.8. The molecule has 0 fully saturated rings. The van der Waals surface area contributed by atoms with Crippen molar-refractivity contribution in [1.82, 2.24) is 9.36 Å². The lowest BCUT2D eigenvalue weighted by atomic mass is 10.1. The molecular weight excluding hydrogens is 302 g/mol. The first-order chi connectivity index (χ1) is 11.5. The van der Waals surface area contributed by atoms with Crippen LogP contribution in [0.4, 0.5) is 5.69 Å². The lowest BCUT2D eigenvalue weighted by Crippen LogP contribution is -2.23. The van der Waals surface area contributed by atoms with Gasteiger partial charge < -0.3 is 5.32 Å². The lowest BCUT2D eigenvalue weighted by molar-refractivity contribution is 0.102. The maximum absolute atomic E-state index is 12.8. The molecule has 1 heterocycles. The SMILES string of the molecule is Cc1cccc(C(=O)Nc2c(C)n(C)n(-c3ccccc3)c2=O)c1. The van der Waals surface area contributed by atoms with Crippen LogP contribution in [-0.2, 0) is 7.05 Å². The van der Waals surface area contributed by atoms with Gasteiger partial charge in [0, 0.05) is 12.6 Å². The molecule has 0 bridgehead atoms. The average Bonchev–Trinajstić information content (AvgIpc) is 2.79. The average molecular weight is 321 g/mol. The van der Waals surface area contributed by atoms with E-state index >= 15 is 0 Å². The van der Waals surface area contributed by atoms with Gasteiger partial charge in [0.05, 0.1) is 11.4 Å². The van der Waals surface area contributed by atoms with E-state index in [1.165, 1.54) is 0 Å². The van der Waals surface area contributed by atoms with E-state index in [0.29, 0.717) is 16.9 Å². The number of rotatable bonds is 3. The predicted molar refractivity (Wildman–Crippen MR) is 94.9 cm³/mol. The van der Waals surface area contributed by atoms with Gasteiger partial charge in [-0.15, -0.1) is 0 Å². The van der Waals surface area contributed by atoms with Crippen molar-refractivity contribution in [2.45, 2.75) is 13.8 Å². The van der Waals surface area contributed by atoms with Crippen molar-refractivity contribution in [3.8, 4) is 5.69 Å². The van der Waals surface area contributed by atoms with Crippen molar-refractivity contribution in [1.29, 1.82) is 0 Å². The molecule has 5 heteroatoms. The zero-order valence-electron chi connectivity index (χ0n) is 13.9. The van der Waals surface area contributed by atoms with Gasteiger partial charge in [0.15, 0.2) is 0 Å². The van der Waals surface area contributed by atoms with Crippen LogP contribution < -0.4 is 10.9 Å². The second-order valence-corrected chi connectivity index (χ2v) is 5.76. The summed E-state index contributed by atoms with van der Waals surface area (Å²) in [5.41, 5.74) is 3.03. The number of aromatic nitrogens is 2. The normalized spacial score (nSPS) is 10.6. The number of amides is 1. The summed E-state index contributed by atoms with van der Waals surface area (Å²) in [7, 11) is 1.80. The molecule has 0 aliphatic heterocycles. The van der Waals surface area contributed by atoms with E-state index in [-0.39, 0.29) is 11.5 Å². The first-order valence-electron chi connectivity index (χ1n) is 7.71. The minimum absolute atomic E-state index is 0.248. The van der Waals surface area contributed by atoms with Gasteiger partial charge in [-0.05, 0) is 38.1 Å². The number of benzene rings is 2. The van der Waals surface area contributed by atoms with Crippen LogP contribution in [0.1, 0.15) is 21.6 Å². The van der Waals surface area contributed by atoms with Crippen molar-refractivity contribution in [2.24, 2.45) is 7.05 Å². The number of carbonyl (C=O) groups excluding carboxylic acids is 1. The summed E-state index contributed by atoms with van der Waals surface area (Å²) in [5, 5.41) is 2.76. The Hall–Kier alpha value is -3.08. The maximum Gasteiger partial charge on any atom is 0.295 e. The number of nitrogens with one attached hydrogen (secondary N) is 1. The second-order valence-electron chi connectivity index (χ2n) is 5.76. The minimum Gasteiger partial charge on any atom is -0.316 e. The van der Waals surface area contributed by atoms with E-state index in [0.717, 1.165) is 11.3 Å². The number of para-hydroxylation sites is 1. The van der Waals surface area contributed by atoms with Crippen molar-refractivity contribution < 1.29 is 4.79 Å². The topological polar surface area (TPSA) is 56.0 Å². The first kappa shape index (κ1) is 15.8. The molecule has 0 aliphatic rings. The fraction of sp³-hybridized carbons (Fsp3) is 0.158. The van der Waals surface area contributed by atoms with Gasteiger partial charge in [0.2, 0.25) is 0 Å². The Balaban J connectivity index is 2.01. The van der Waals surface area contributed by atoms with E-state index in [2.05, 4.69) is 5.32 Å². The number of hydrogen-bond acceptors (Lipinski definition) is 2. The summed E-state index contributed by atoms with van der Waals surface area (Å²) in [4.78, 5) is 25.2. The summed E-state index contributed by atoms with van der Waals surface area (Å²) in [6, 6.07) is 16.6. The van der Waals surface area contributed by atoms with Crippen LogP contribution in [0.15, 0.2) is 59.4 Å². The van der Waals surface area contributed by atoms with Crippen molar-refractivity contribution in [3.63, 3.8) is 0 Å². The number of aryl methyl sites for hydroxylation is 1. The number of hydrogen-bond donors (Lipinski definition) is 1. The molecule has 0 saturated heterocycles. The molecular formula is C19H19N3O2. The molecule has 0 aliphatic carbocycles. The monoisotopic (exact) mass is 321 g/mol. The zero-order chi connectivity index (χ0) is 17.3. The number of carbonyl (C=O) groups is 1. The predicted octanol–water partition coefficient (Wildman–Crippen LogP) is 3.05. The van der Waals surface area contributed by atoms with E-state index < -0.39 is 0 Å². The van der Waals surface area contributed by atoms with E-state index in [1.54, 1.807) is 28.5 Å². The molecule has 3 rings (SSSR count). The summed E-state index contributed by atoms with van der Waals surface area (Å²) < 4.78 is 3.28. The van der Waals surface area contributed by atoms with Gasteiger partial charge in [-0.1, -0.05) is 35.9 Å². The van der Waals surface area contributed by atoms with Gasteiger partial charge >= 0.3 is 0 Å². The van der Waals surface area contributed by atoms with E-state index in [4.69, 9.17) is 0 Å². The fourth-order valence-corrected chi connectivity index (χ4v) is 2.68. The lowest BCUT2D eigenvalue weighted by Gasteiger charge is -2.07. The van der Waals surface area contributed by atoms with Crippen LogP contribution in [0, 0.1) is 13.8 Å². The molecule has 1 amide bonds. The zero-order valence-corrected chi connectivity index (χ0v) is 13.9. The third-order valence-electron chi connectivity index (χ3n) is 4.07. The van der Waals surface area contributed by atoms with Crippen LogP contribution in [-0.4, -0.2) is 15.3 Å². The molecule has 5 nitrogen and oxygen atoms in total. The Morgan fingerprint density at radius 2 is 1.71 bits per heavy atom. The van der Waals surface area contributed by atoms with Crippen molar-refractivity contribution in [3.05, 3.63) is 81.8 Å². The van der Waals surface area contributed by atoms with E-state index in [1.807, 2.05) is 56.3 Å². The Bertz CT molecular complexity index is 952. The highest BCUT2D eigenvalue weighted by atomic mass is 16.2. The van der Waals surface area contributed by atoms with Gasteiger partial charge in [-0.3, -0.25) is 14.3 Å². The second kappa shape index (κ2) is 6.20. The molecule has 24 heavy (non-hydrogen) atoms. The van der Waals surface area contributed by atoms with Gasteiger partial charge in [-0.25, -0.2) is 4.68 Å².